The lowest BCUT2D eigenvalue weighted by Crippen LogP contribution is -1.95. The van der Waals surface area contributed by atoms with Crippen LogP contribution in [-0.2, 0) is 6.42 Å². The Hall–Kier alpha value is -1.29. The van der Waals surface area contributed by atoms with E-state index in [1.807, 2.05) is 24.3 Å². The summed E-state index contributed by atoms with van der Waals surface area (Å²) in [6, 6.07) is 8.03. The Bertz CT molecular complexity index is 579. The Morgan fingerprint density at radius 2 is 2.28 bits per heavy atom. The number of nitrogen functional groups attached to an aromatic ring is 1. The van der Waals surface area contributed by atoms with E-state index in [1.54, 1.807) is 0 Å². The van der Waals surface area contributed by atoms with E-state index in [9.17, 15) is 0 Å². The average Bonchev–Trinajstić information content (AvgIpc) is 2.90. The molecule has 4 heteroatoms. The van der Waals surface area contributed by atoms with E-state index in [2.05, 4.69) is 28.0 Å². The highest BCUT2D eigenvalue weighted by Gasteiger charge is 2.34. The topological polar surface area (TPSA) is 52.0 Å². The Labute approximate surface area is 114 Å². The Balaban J connectivity index is 1.96. The number of nitrogens with zero attached hydrogens (tertiary/aromatic N) is 1. The molecule has 1 aromatic carbocycles. The first-order valence-corrected chi connectivity index (χ1v) is 6.94. The summed E-state index contributed by atoms with van der Waals surface area (Å²) in [6.45, 7) is 2.27. The number of halogens is 1. The standard InChI is InChI=1S/C14H15BrN2O/c1-8-5-10(8)7-12-13(18-17-14(12)16)9-3-2-4-11(15)6-9/h2-4,6,8,10H,5,7H2,1H3,(H2,16,17). The van der Waals surface area contributed by atoms with Gasteiger partial charge in [-0.15, -0.1) is 0 Å². The normalized spacial score (nSPS) is 22.1. The first-order valence-electron chi connectivity index (χ1n) is 6.15. The molecule has 0 bridgehead atoms. The number of aromatic nitrogens is 1. The number of hydrogen-bond donors (Lipinski definition) is 1. The Morgan fingerprint density at radius 3 is 2.94 bits per heavy atom. The molecule has 2 aromatic rings. The molecule has 0 saturated heterocycles. The molecular formula is C14H15BrN2O. The van der Waals surface area contributed by atoms with Gasteiger partial charge in [-0.1, -0.05) is 40.1 Å². The zero-order valence-electron chi connectivity index (χ0n) is 10.2. The fraction of sp³-hybridized carbons (Fsp3) is 0.357. The number of benzene rings is 1. The van der Waals surface area contributed by atoms with Crippen LogP contribution in [0, 0.1) is 11.8 Å². The van der Waals surface area contributed by atoms with Gasteiger partial charge in [0.15, 0.2) is 11.6 Å². The summed E-state index contributed by atoms with van der Waals surface area (Å²) in [5.74, 6) is 2.88. The van der Waals surface area contributed by atoms with Crippen LogP contribution in [0.2, 0.25) is 0 Å². The van der Waals surface area contributed by atoms with E-state index in [-0.39, 0.29) is 0 Å². The molecule has 0 spiro atoms. The van der Waals surface area contributed by atoms with Gasteiger partial charge in [-0.05, 0) is 36.8 Å². The van der Waals surface area contributed by atoms with E-state index in [0.717, 1.165) is 39.6 Å². The van der Waals surface area contributed by atoms with Crippen LogP contribution in [-0.4, -0.2) is 5.16 Å². The van der Waals surface area contributed by atoms with Crippen LogP contribution in [0.5, 0.6) is 0 Å². The fourth-order valence-electron chi connectivity index (χ4n) is 2.32. The van der Waals surface area contributed by atoms with Gasteiger partial charge in [0, 0.05) is 15.6 Å². The summed E-state index contributed by atoms with van der Waals surface area (Å²) >= 11 is 3.47. The molecule has 1 aliphatic carbocycles. The van der Waals surface area contributed by atoms with Crippen molar-refractivity contribution in [3.05, 3.63) is 34.3 Å². The van der Waals surface area contributed by atoms with Crippen molar-refractivity contribution in [2.45, 2.75) is 19.8 Å². The van der Waals surface area contributed by atoms with Gasteiger partial charge in [0.05, 0.1) is 0 Å². The summed E-state index contributed by atoms with van der Waals surface area (Å²) in [4.78, 5) is 0. The lowest BCUT2D eigenvalue weighted by atomic mass is 10.0. The molecule has 1 heterocycles. The second kappa shape index (κ2) is 4.43. The minimum absolute atomic E-state index is 0.532. The van der Waals surface area contributed by atoms with Crippen LogP contribution in [0.25, 0.3) is 11.3 Å². The zero-order chi connectivity index (χ0) is 12.7. The van der Waals surface area contributed by atoms with Crippen molar-refractivity contribution >= 4 is 21.7 Å². The van der Waals surface area contributed by atoms with Gasteiger partial charge in [-0.2, -0.15) is 0 Å². The van der Waals surface area contributed by atoms with Crippen LogP contribution in [0.4, 0.5) is 5.82 Å². The van der Waals surface area contributed by atoms with Gasteiger partial charge >= 0.3 is 0 Å². The van der Waals surface area contributed by atoms with Gasteiger partial charge in [0.1, 0.15) is 0 Å². The van der Waals surface area contributed by atoms with Crippen LogP contribution < -0.4 is 5.73 Å². The van der Waals surface area contributed by atoms with Gasteiger partial charge in [0.25, 0.3) is 0 Å². The van der Waals surface area contributed by atoms with E-state index in [0.29, 0.717) is 5.82 Å². The summed E-state index contributed by atoms with van der Waals surface area (Å²) in [5.41, 5.74) is 8.00. The number of anilines is 1. The summed E-state index contributed by atoms with van der Waals surface area (Å²) in [7, 11) is 0. The highest BCUT2D eigenvalue weighted by molar-refractivity contribution is 9.10. The molecule has 1 aliphatic rings. The second-order valence-electron chi connectivity index (χ2n) is 5.06. The Morgan fingerprint density at radius 1 is 1.50 bits per heavy atom. The van der Waals surface area contributed by atoms with E-state index >= 15 is 0 Å². The molecule has 2 atom stereocenters. The highest BCUT2D eigenvalue weighted by Crippen LogP contribution is 2.43. The summed E-state index contributed by atoms with van der Waals surface area (Å²) in [6.07, 6.45) is 2.25. The van der Waals surface area contributed by atoms with Crippen molar-refractivity contribution in [1.29, 1.82) is 0 Å². The van der Waals surface area contributed by atoms with Crippen LogP contribution in [0.1, 0.15) is 18.9 Å². The quantitative estimate of drug-likeness (QED) is 0.936. The van der Waals surface area contributed by atoms with Crippen molar-refractivity contribution in [1.82, 2.24) is 5.16 Å². The summed E-state index contributed by atoms with van der Waals surface area (Å²) < 4.78 is 6.43. The third-order valence-electron chi connectivity index (χ3n) is 3.65. The molecule has 1 saturated carbocycles. The molecule has 0 radical (unpaired) electrons. The maximum absolute atomic E-state index is 5.92. The van der Waals surface area contributed by atoms with Crippen LogP contribution in [0.3, 0.4) is 0 Å². The largest absolute Gasteiger partial charge is 0.381 e. The van der Waals surface area contributed by atoms with Crippen LogP contribution in [0.15, 0.2) is 33.3 Å². The van der Waals surface area contributed by atoms with Gasteiger partial charge < -0.3 is 10.3 Å². The monoisotopic (exact) mass is 306 g/mol. The predicted octanol–water partition coefficient (Wildman–Crippen LogP) is 3.88. The third kappa shape index (κ3) is 2.17. The number of nitrogens with two attached hydrogens (primary N) is 1. The summed E-state index contributed by atoms with van der Waals surface area (Å²) in [5, 5.41) is 3.92. The predicted molar refractivity (Wildman–Crippen MR) is 75.0 cm³/mol. The first-order chi connectivity index (χ1) is 8.65. The number of rotatable bonds is 3. The van der Waals surface area contributed by atoms with Crippen molar-refractivity contribution < 1.29 is 4.52 Å². The van der Waals surface area contributed by atoms with Crippen LogP contribution >= 0.6 is 15.9 Å². The Kier molecular flexibility index (Phi) is 2.90. The average molecular weight is 307 g/mol. The van der Waals surface area contributed by atoms with Gasteiger partial charge in [-0.3, -0.25) is 0 Å². The first kappa shape index (κ1) is 11.8. The smallest absolute Gasteiger partial charge is 0.172 e. The van der Waals surface area contributed by atoms with Crippen molar-refractivity contribution in [2.75, 3.05) is 5.73 Å². The minimum atomic E-state index is 0.532. The molecule has 2 N–H and O–H groups in total. The highest BCUT2D eigenvalue weighted by atomic mass is 79.9. The van der Waals surface area contributed by atoms with Gasteiger partial charge in [0.2, 0.25) is 0 Å². The molecule has 3 rings (SSSR count). The molecular weight excluding hydrogens is 292 g/mol. The SMILES string of the molecule is CC1CC1Cc1c(N)noc1-c1cccc(Br)c1. The van der Waals surface area contributed by atoms with Gasteiger partial charge in [-0.25, -0.2) is 0 Å². The second-order valence-corrected chi connectivity index (χ2v) is 5.98. The third-order valence-corrected chi connectivity index (χ3v) is 4.14. The van der Waals surface area contributed by atoms with Crippen molar-refractivity contribution in [2.24, 2.45) is 11.8 Å². The maximum Gasteiger partial charge on any atom is 0.172 e. The van der Waals surface area contributed by atoms with E-state index in [1.165, 1.54) is 6.42 Å². The molecule has 0 amide bonds. The molecule has 2 unspecified atom stereocenters. The molecule has 0 aliphatic heterocycles. The van der Waals surface area contributed by atoms with Crippen molar-refractivity contribution in [3.8, 4) is 11.3 Å². The van der Waals surface area contributed by atoms with Crippen molar-refractivity contribution in [3.63, 3.8) is 0 Å². The lowest BCUT2D eigenvalue weighted by Gasteiger charge is -2.02. The number of hydrogen-bond acceptors (Lipinski definition) is 3. The lowest BCUT2D eigenvalue weighted by molar-refractivity contribution is 0.434. The fourth-order valence-corrected chi connectivity index (χ4v) is 2.72. The van der Waals surface area contributed by atoms with E-state index in [4.69, 9.17) is 10.3 Å². The minimum Gasteiger partial charge on any atom is -0.381 e. The molecule has 1 fully saturated rings. The molecule has 18 heavy (non-hydrogen) atoms. The maximum atomic E-state index is 5.92. The van der Waals surface area contributed by atoms with E-state index < -0.39 is 0 Å². The molecule has 94 valence electrons. The molecule has 3 nitrogen and oxygen atoms in total. The molecule has 1 aromatic heterocycles. The zero-order valence-corrected chi connectivity index (χ0v) is 11.8.